The Labute approximate surface area is 328 Å². The summed E-state index contributed by atoms with van der Waals surface area (Å²) < 4.78 is 18.6. The van der Waals surface area contributed by atoms with Gasteiger partial charge in [0, 0.05) is 67.5 Å². The zero-order chi connectivity index (χ0) is 39.8. The number of halogens is 2. The number of hydrogen-bond donors (Lipinski definition) is 4. The fourth-order valence-corrected chi connectivity index (χ4v) is 8.47. The van der Waals surface area contributed by atoms with Gasteiger partial charge in [-0.1, -0.05) is 17.7 Å². The lowest BCUT2D eigenvalue weighted by Crippen LogP contribution is -2.70. The van der Waals surface area contributed by atoms with Crippen molar-refractivity contribution in [3.63, 3.8) is 0 Å². The van der Waals surface area contributed by atoms with Gasteiger partial charge in [0.2, 0.25) is 17.7 Å². The smallest absolute Gasteiger partial charge is 0.238 e. The first-order chi connectivity index (χ1) is 25.8. The van der Waals surface area contributed by atoms with E-state index in [-0.39, 0.29) is 35.3 Å². The van der Waals surface area contributed by atoms with Crippen LogP contribution in [0.2, 0.25) is 5.02 Å². The van der Waals surface area contributed by atoms with Crippen molar-refractivity contribution in [3.05, 3.63) is 52.6 Å². The standard InChI is InChI=1S/C20H28ClN5O.C20H29FN4O3/c1-12-5-6-15(21)19-18(12)22-16(23-19)10-25-8-13-7-14(9-25)26(13)11-17(27)24-20(2,3)4;1-20(2,3)23-19(27)12-25-14-8-15(25)10-24(9-14)11-18(26)22-16-7-13(21)5-6-17(16)28-4/h5-6,13-14H,7-11H2,1-4H3,(H,22,23)(H,24,27);5-7,14-15H,8-12H2,1-4H3,(H,22,26)(H,23,27). The highest BCUT2D eigenvalue weighted by molar-refractivity contribution is 6.35. The number of anilines is 1. The second kappa shape index (κ2) is 16.3. The second-order valence-electron chi connectivity index (χ2n) is 17.6. The van der Waals surface area contributed by atoms with E-state index in [9.17, 15) is 18.8 Å². The van der Waals surface area contributed by atoms with E-state index in [1.54, 1.807) is 0 Å². The van der Waals surface area contributed by atoms with Gasteiger partial charge < -0.3 is 25.7 Å². The molecule has 6 aliphatic heterocycles. The maximum atomic E-state index is 13.4. The van der Waals surface area contributed by atoms with Crippen LogP contribution in [0.25, 0.3) is 11.0 Å². The molecule has 6 saturated heterocycles. The zero-order valence-electron chi connectivity index (χ0n) is 33.4. The van der Waals surface area contributed by atoms with Crippen molar-refractivity contribution in [1.82, 2.24) is 40.2 Å². The number of H-pyrrole nitrogens is 1. The van der Waals surface area contributed by atoms with Crippen LogP contribution >= 0.6 is 11.6 Å². The summed E-state index contributed by atoms with van der Waals surface area (Å²) in [4.78, 5) is 54.0. The largest absolute Gasteiger partial charge is 0.495 e. The first-order valence-corrected chi connectivity index (χ1v) is 19.6. The Bertz CT molecular complexity index is 1830. The van der Waals surface area contributed by atoms with Gasteiger partial charge in [-0.3, -0.25) is 34.0 Å². The molecule has 0 aliphatic carbocycles. The maximum absolute atomic E-state index is 13.4. The van der Waals surface area contributed by atoms with Crippen molar-refractivity contribution >= 4 is 46.0 Å². The summed E-state index contributed by atoms with van der Waals surface area (Å²) in [6, 6.07) is 9.46. The number of aromatic nitrogens is 2. The number of hydrogen-bond acceptors (Lipinski definition) is 9. The Kier molecular flexibility index (Phi) is 12.1. The molecular weight excluding hydrogens is 725 g/mol. The van der Waals surface area contributed by atoms with Crippen LogP contribution < -0.4 is 20.7 Å². The zero-order valence-corrected chi connectivity index (χ0v) is 34.1. The molecule has 55 heavy (non-hydrogen) atoms. The molecule has 4 bridgehead atoms. The average Bonchev–Trinajstić information content (AvgIpc) is 3.52. The number of fused-ring (bicyclic) bond motifs is 5. The lowest BCUT2D eigenvalue weighted by atomic mass is 9.87. The van der Waals surface area contributed by atoms with Gasteiger partial charge in [0.1, 0.15) is 17.4 Å². The molecule has 4 N–H and O–H groups in total. The topological polar surface area (TPSA) is 138 Å². The van der Waals surface area contributed by atoms with Crippen molar-refractivity contribution in [2.45, 2.75) is 103 Å². The Balaban J connectivity index is 0.000000187. The number of carbonyl (C=O) groups is 3. The van der Waals surface area contributed by atoms with Crippen molar-refractivity contribution in [2.75, 3.05) is 58.2 Å². The van der Waals surface area contributed by atoms with Crippen molar-refractivity contribution in [3.8, 4) is 5.75 Å². The van der Waals surface area contributed by atoms with Crippen LogP contribution in [0.4, 0.5) is 10.1 Å². The van der Waals surface area contributed by atoms with Gasteiger partial charge >= 0.3 is 0 Å². The number of carbonyl (C=O) groups excluding carboxylic acids is 3. The Morgan fingerprint density at radius 3 is 1.89 bits per heavy atom. The molecule has 7 heterocycles. The quantitative estimate of drug-likeness (QED) is 0.239. The number of amides is 3. The van der Waals surface area contributed by atoms with Gasteiger partial charge in [-0.05, 0) is 85.1 Å². The molecule has 0 saturated carbocycles. The molecule has 4 unspecified atom stereocenters. The van der Waals surface area contributed by atoms with E-state index < -0.39 is 5.82 Å². The van der Waals surface area contributed by atoms with E-state index in [1.807, 2.05) is 53.7 Å². The molecule has 0 spiro atoms. The summed E-state index contributed by atoms with van der Waals surface area (Å²) in [5.74, 6) is 0.896. The van der Waals surface area contributed by atoms with Gasteiger partial charge in [-0.2, -0.15) is 0 Å². The number of methoxy groups -OCH3 is 1. The number of nitrogens with zero attached hydrogens (tertiary/aromatic N) is 5. The third kappa shape index (κ3) is 10.3. The summed E-state index contributed by atoms with van der Waals surface area (Å²) >= 11 is 6.30. The SMILES string of the molecule is COc1ccc(F)cc1NC(=O)CN1CC2CC(C1)N2CC(=O)NC(C)(C)C.Cc1ccc(Cl)c2[nH]c(CN3CC4CC(C3)N4CC(=O)NC(C)(C)C)nc12. The predicted octanol–water partition coefficient (Wildman–Crippen LogP) is 4.14. The number of aromatic amines is 1. The molecule has 2 aromatic carbocycles. The van der Waals surface area contributed by atoms with Gasteiger partial charge in [-0.25, -0.2) is 9.37 Å². The molecule has 4 atom stereocenters. The number of rotatable bonds is 10. The van der Waals surface area contributed by atoms with Gasteiger partial charge in [0.15, 0.2) is 0 Å². The van der Waals surface area contributed by atoms with E-state index in [1.165, 1.54) is 31.7 Å². The summed E-state index contributed by atoms with van der Waals surface area (Å²) in [6.07, 6.45) is 2.24. The van der Waals surface area contributed by atoms with Gasteiger partial charge in [-0.15, -0.1) is 0 Å². The lowest BCUT2D eigenvalue weighted by molar-refractivity contribution is -0.134. The Morgan fingerprint density at radius 1 is 0.836 bits per heavy atom. The minimum Gasteiger partial charge on any atom is -0.495 e. The summed E-state index contributed by atoms with van der Waals surface area (Å²) in [5, 5.41) is 9.49. The monoisotopic (exact) mass is 781 g/mol. The van der Waals surface area contributed by atoms with Crippen LogP contribution in [0.15, 0.2) is 30.3 Å². The van der Waals surface area contributed by atoms with Gasteiger partial charge in [0.05, 0.1) is 55.0 Å². The van der Waals surface area contributed by atoms with Crippen LogP contribution in [0.3, 0.4) is 0 Å². The van der Waals surface area contributed by atoms with E-state index >= 15 is 0 Å². The number of aryl methyl sites for hydroxylation is 1. The van der Waals surface area contributed by atoms with Crippen molar-refractivity contribution in [1.29, 1.82) is 0 Å². The third-order valence-corrected chi connectivity index (χ3v) is 10.9. The molecule has 9 rings (SSSR count). The number of piperidine rings is 2. The first-order valence-electron chi connectivity index (χ1n) is 19.2. The number of imidazole rings is 1. The molecule has 3 aromatic rings. The van der Waals surface area contributed by atoms with Crippen molar-refractivity contribution in [2.24, 2.45) is 0 Å². The number of nitrogens with one attached hydrogen (secondary N) is 4. The first kappa shape index (κ1) is 40.8. The highest BCUT2D eigenvalue weighted by Gasteiger charge is 2.46. The Morgan fingerprint density at radius 2 is 1.38 bits per heavy atom. The molecular formula is C40H57ClFN9O4. The number of ether oxygens (including phenoxy) is 1. The summed E-state index contributed by atoms with van der Waals surface area (Å²) in [6.45, 7) is 19.4. The number of piperazine rings is 2. The molecule has 6 aliphatic rings. The van der Waals surface area contributed by atoms with E-state index in [0.717, 1.165) is 61.6 Å². The van der Waals surface area contributed by atoms with Gasteiger partial charge in [0.25, 0.3) is 0 Å². The van der Waals surface area contributed by atoms with Crippen LogP contribution in [-0.2, 0) is 20.9 Å². The molecule has 13 nitrogen and oxygen atoms in total. The third-order valence-electron chi connectivity index (χ3n) is 10.5. The molecule has 15 heteroatoms. The van der Waals surface area contributed by atoms with E-state index in [2.05, 4.69) is 47.5 Å². The lowest BCUT2D eigenvalue weighted by Gasteiger charge is -2.56. The normalized spacial score (nSPS) is 22.9. The predicted molar refractivity (Wildman–Crippen MR) is 213 cm³/mol. The molecule has 1 aromatic heterocycles. The molecule has 300 valence electrons. The van der Waals surface area contributed by atoms with Crippen LogP contribution in [0.5, 0.6) is 5.75 Å². The maximum Gasteiger partial charge on any atom is 0.238 e. The summed E-state index contributed by atoms with van der Waals surface area (Å²) in [5.41, 5.74) is 2.93. The van der Waals surface area contributed by atoms with Crippen LogP contribution in [0, 0.1) is 12.7 Å². The molecule has 6 fully saturated rings. The van der Waals surface area contributed by atoms with Crippen molar-refractivity contribution < 1.29 is 23.5 Å². The van der Waals surface area contributed by atoms with Crippen LogP contribution in [-0.4, -0.2) is 135 Å². The highest BCUT2D eigenvalue weighted by atomic mass is 35.5. The summed E-state index contributed by atoms with van der Waals surface area (Å²) in [7, 11) is 1.48. The minimum atomic E-state index is -0.431. The Hall–Kier alpha value is -3.82. The second-order valence-corrected chi connectivity index (χ2v) is 18.0. The van der Waals surface area contributed by atoms with E-state index in [4.69, 9.17) is 21.3 Å². The molecule has 3 amide bonds. The minimum absolute atomic E-state index is 0.0339. The van der Waals surface area contributed by atoms with E-state index in [0.29, 0.717) is 53.7 Å². The highest BCUT2D eigenvalue weighted by Crippen LogP contribution is 2.34. The van der Waals surface area contributed by atoms with Crippen LogP contribution in [0.1, 0.15) is 65.8 Å². The fraction of sp³-hybridized carbons (Fsp3) is 0.600. The average molecular weight is 782 g/mol. The number of benzene rings is 2. The fourth-order valence-electron chi connectivity index (χ4n) is 8.27. The molecule has 0 radical (unpaired) electrons.